The van der Waals surface area contributed by atoms with E-state index in [1.165, 1.54) is 4.90 Å². The van der Waals surface area contributed by atoms with Gasteiger partial charge < -0.3 is 30.1 Å². The zero-order valence-electron chi connectivity index (χ0n) is 23.2. The summed E-state index contributed by atoms with van der Waals surface area (Å²) in [6, 6.07) is 10.7. The Morgan fingerprint density at radius 3 is 2.50 bits per heavy atom. The van der Waals surface area contributed by atoms with Gasteiger partial charge in [-0.3, -0.25) is 14.4 Å². The molecule has 40 heavy (non-hydrogen) atoms. The number of amides is 3. The molecule has 0 aromatic heterocycles. The number of benzene rings is 2. The summed E-state index contributed by atoms with van der Waals surface area (Å²) < 4.78 is 12.1. The second kappa shape index (κ2) is 10.7. The Balaban J connectivity index is 1.50. The number of nitrogens with zero attached hydrogens (tertiary/aromatic N) is 1. The number of ether oxygens (including phenoxy) is 2. The summed E-state index contributed by atoms with van der Waals surface area (Å²) in [6.07, 6.45) is 1.38. The number of anilines is 2. The molecule has 3 aliphatic heterocycles. The highest BCUT2D eigenvalue weighted by atomic mass is 35.5. The molecule has 2 unspecified atom stereocenters. The normalized spacial score (nSPS) is 29.3. The Morgan fingerprint density at radius 1 is 1.15 bits per heavy atom. The lowest BCUT2D eigenvalue weighted by Crippen LogP contribution is -2.56. The van der Waals surface area contributed by atoms with Crippen molar-refractivity contribution in [1.82, 2.24) is 4.90 Å². The van der Waals surface area contributed by atoms with Gasteiger partial charge in [0.2, 0.25) is 17.7 Å². The monoisotopic (exact) mass is 569 g/mol. The Kier molecular flexibility index (Phi) is 7.58. The summed E-state index contributed by atoms with van der Waals surface area (Å²) in [5, 5.41) is 16.5. The number of aryl methyl sites for hydroxylation is 1. The van der Waals surface area contributed by atoms with Crippen molar-refractivity contribution in [2.45, 2.75) is 70.2 Å². The molecule has 6 atom stereocenters. The van der Waals surface area contributed by atoms with Crippen molar-refractivity contribution in [2.75, 3.05) is 23.8 Å². The summed E-state index contributed by atoms with van der Waals surface area (Å²) in [7, 11) is 0. The van der Waals surface area contributed by atoms with Crippen molar-refractivity contribution in [2.24, 2.45) is 11.8 Å². The molecule has 3 saturated heterocycles. The van der Waals surface area contributed by atoms with Gasteiger partial charge in [-0.05, 0) is 75.9 Å². The van der Waals surface area contributed by atoms with E-state index in [4.69, 9.17) is 21.1 Å². The van der Waals surface area contributed by atoms with E-state index < -0.39 is 41.0 Å². The maximum absolute atomic E-state index is 14.2. The van der Waals surface area contributed by atoms with Crippen LogP contribution in [0.3, 0.4) is 0 Å². The maximum atomic E-state index is 14.2. The average Bonchev–Trinajstić information content (AvgIpc) is 3.49. The number of aliphatic hydroxyl groups is 1. The molecule has 0 radical (unpaired) electrons. The minimum atomic E-state index is -1.21. The van der Waals surface area contributed by atoms with E-state index in [0.717, 1.165) is 5.56 Å². The number of hydrogen-bond donors (Lipinski definition) is 3. The molecule has 3 amide bonds. The number of para-hydroxylation sites is 1. The molecule has 2 bridgehead atoms. The first-order valence-corrected chi connectivity index (χ1v) is 14.2. The molecule has 3 N–H and O–H groups in total. The Bertz CT molecular complexity index is 1290. The van der Waals surface area contributed by atoms with Crippen LogP contribution < -0.4 is 15.4 Å². The number of aliphatic hydroxyl groups excluding tert-OH is 1. The molecule has 3 aliphatic rings. The summed E-state index contributed by atoms with van der Waals surface area (Å²) in [5.41, 5.74) is -0.338. The highest BCUT2D eigenvalue weighted by molar-refractivity contribution is 6.34. The third kappa shape index (κ3) is 4.44. The summed E-state index contributed by atoms with van der Waals surface area (Å²) in [4.78, 5) is 43.5. The van der Waals surface area contributed by atoms with Gasteiger partial charge >= 0.3 is 0 Å². The summed E-state index contributed by atoms with van der Waals surface area (Å²) >= 11 is 6.41. The van der Waals surface area contributed by atoms with Crippen molar-refractivity contribution < 1.29 is 29.0 Å². The van der Waals surface area contributed by atoms with Crippen molar-refractivity contribution in [1.29, 1.82) is 0 Å². The fraction of sp³-hybridized carbons (Fsp3) is 0.500. The number of hydrogen-bond acceptors (Lipinski definition) is 6. The second-order valence-corrected chi connectivity index (χ2v) is 11.5. The van der Waals surface area contributed by atoms with Crippen LogP contribution in [0, 0.1) is 18.8 Å². The minimum Gasteiger partial charge on any atom is -0.494 e. The standard InChI is InChI=1S/C30H36ClN3O6/c1-5-19(16-35)34-25(27(37)33-24-17(3)8-7-9-21(24)31)30-15-14-29(4,40-30)22(23(30)28(34)38)26(36)32-18-10-12-20(13-11-18)39-6-2/h7-13,19,22-23,25,35H,5-6,14-16H2,1-4H3,(H,32,36)(H,33,37)/t19-,22-,23-,25?,29+,30?/m0/s1. The van der Waals surface area contributed by atoms with Gasteiger partial charge in [-0.25, -0.2) is 0 Å². The lowest BCUT2D eigenvalue weighted by atomic mass is 9.66. The van der Waals surface area contributed by atoms with Crippen molar-refractivity contribution >= 4 is 40.7 Å². The van der Waals surface area contributed by atoms with Gasteiger partial charge in [-0.2, -0.15) is 0 Å². The molecule has 2 aromatic rings. The van der Waals surface area contributed by atoms with E-state index in [0.29, 0.717) is 48.0 Å². The van der Waals surface area contributed by atoms with Crippen LogP contribution in [0.25, 0.3) is 0 Å². The lowest BCUT2D eigenvalue weighted by molar-refractivity contribution is -0.146. The van der Waals surface area contributed by atoms with Crippen LogP contribution in [0.4, 0.5) is 11.4 Å². The molecular weight excluding hydrogens is 534 g/mol. The molecular formula is C30H36ClN3O6. The highest BCUT2D eigenvalue weighted by Gasteiger charge is 2.78. The fourth-order valence-electron chi connectivity index (χ4n) is 6.87. The number of fused-ring (bicyclic) bond motifs is 1. The molecule has 214 valence electrons. The molecule has 9 nitrogen and oxygen atoms in total. The third-order valence-electron chi connectivity index (χ3n) is 8.72. The van der Waals surface area contributed by atoms with E-state index in [-0.39, 0.29) is 18.4 Å². The van der Waals surface area contributed by atoms with Gasteiger partial charge in [0.05, 0.1) is 47.4 Å². The number of carbonyl (C=O) groups is 3. The van der Waals surface area contributed by atoms with Gasteiger partial charge in [-0.15, -0.1) is 0 Å². The van der Waals surface area contributed by atoms with Gasteiger partial charge in [0.1, 0.15) is 17.4 Å². The number of likely N-dealkylation sites (tertiary alicyclic amines) is 1. The Labute approximate surface area is 239 Å². The number of rotatable bonds is 9. The molecule has 3 fully saturated rings. The van der Waals surface area contributed by atoms with E-state index in [1.807, 2.05) is 33.8 Å². The maximum Gasteiger partial charge on any atom is 0.250 e. The first-order valence-electron chi connectivity index (χ1n) is 13.8. The zero-order chi connectivity index (χ0) is 28.8. The highest BCUT2D eigenvalue weighted by Crippen LogP contribution is 2.63. The van der Waals surface area contributed by atoms with Gasteiger partial charge in [0, 0.05) is 5.69 Å². The molecule has 3 heterocycles. The Morgan fingerprint density at radius 2 is 1.88 bits per heavy atom. The second-order valence-electron chi connectivity index (χ2n) is 11.1. The quantitative estimate of drug-likeness (QED) is 0.417. The summed E-state index contributed by atoms with van der Waals surface area (Å²) in [5.74, 6) is -2.15. The number of halogens is 1. The van der Waals surface area contributed by atoms with Crippen molar-refractivity contribution in [3.63, 3.8) is 0 Å². The van der Waals surface area contributed by atoms with Crippen molar-refractivity contribution in [3.8, 4) is 5.75 Å². The summed E-state index contributed by atoms with van der Waals surface area (Å²) in [6.45, 7) is 7.64. The van der Waals surface area contributed by atoms with Crippen LogP contribution in [0.2, 0.25) is 5.02 Å². The Hall–Kier alpha value is -3.14. The van der Waals surface area contributed by atoms with Crippen LogP contribution in [-0.4, -0.2) is 64.2 Å². The molecule has 2 aromatic carbocycles. The zero-order valence-corrected chi connectivity index (χ0v) is 24.0. The number of nitrogens with one attached hydrogen (secondary N) is 2. The average molecular weight is 570 g/mol. The topological polar surface area (TPSA) is 117 Å². The van der Waals surface area contributed by atoms with Gasteiger partial charge in [0.15, 0.2) is 0 Å². The third-order valence-corrected chi connectivity index (χ3v) is 9.04. The van der Waals surface area contributed by atoms with E-state index in [1.54, 1.807) is 36.4 Å². The molecule has 0 saturated carbocycles. The van der Waals surface area contributed by atoms with Gasteiger partial charge in [0.25, 0.3) is 0 Å². The molecule has 10 heteroatoms. The van der Waals surface area contributed by atoms with Crippen LogP contribution in [0.15, 0.2) is 42.5 Å². The van der Waals surface area contributed by atoms with E-state index >= 15 is 0 Å². The molecule has 0 aliphatic carbocycles. The van der Waals surface area contributed by atoms with E-state index in [2.05, 4.69) is 10.6 Å². The predicted molar refractivity (Wildman–Crippen MR) is 151 cm³/mol. The van der Waals surface area contributed by atoms with Crippen LogP contribution in [0.1, 0.15) is 45.6 Å². The lowest BCUT2D eigenvalue weighted by Gasteiger charge is -2.36. The SMILES string of the molecule is CCOc1ccc(NC(=O)[C@@H]2[C@H]3C(=O)N([C@@H](CC)CO)C(C(=O)Nc4c(C)cccc4Cl)C34CC[C@@]2(C)O4)cc1. The van der Waals surface area contributed by atoms with Crippen LogP contribution in [-0.2, 0) is 19.1 Å². The van der Waals surface area contributed by atoms with Crippen LogP contribution in [0.5, 0.6) is 5.75 Å². The predicted octanol–water partition coefficient (Wildman–Crippen LogP) is 4.16. The minimum absolute atomic E-state index is 0.319. The van der Waals surface area contributed by atoms with Crippen molar-refractivity contribution in [3.05, 3.63) is 53.1 Å². The number of carbonyl (C=O) groups excluding carboxylic acids is 3. The van der Waals surface area contributed by atoms with E-state index in [9.17, 15) is 19.5 Å². The smallest absolute Gasteiger partial charge is 0.250 e. The molecule has 5 rings (SSSR count). The largest absolute Gasteiger partial charge is 0.494 e. The first kappa shape index (κ1) is 28.4. The molecule has 1 spiro atoms. The first-order chi connectivity index (χ1) is 19.1. The van der Waals surface area contributed by atoms with Gasteiger partial charge in [-0.1, -0.05) is 30.7 Å². The van der Waals surface area contributed by atoms with Crippen LogP contribution >= 0.6 is 11.6 Å². The fourth-order valence-corrected chi connectivity index (χ4v) is 7.14.